The highest BCUT2D eigenvalue weighted by Crippen LogP contribution is 2.16. The second kappa shape index (κ2) is 10.2. The molecule has 0 aliphatic rings. The summed E-state index contributed by atoms with van der Waals surface area (Å²) in [7, 11) is 0. The lowest BCUT2D eigenvalue weighted by molar-refractivity contribution is -0.136. The van der Waals surface area contributed by atoms with Gasteiger partial charge in [0, 0.05) is 19.2 Å². The van der Waals surface area contributed by atoms with Crippen LogP contribution in [0.2, 0.25) is 0 Å². The third kappa shape index (κ3) is 6.76. The van der Waals surface area contributed by atoms with E-state index in [4.69, 9.17) is 0 Å². The first-order valence-electron chi connectivity index (χ1n) is 8.33. The minimum absolute atomic E-state index is 0.111. The summed E-state index contributed by atoms with van der Waals surface area (Å²) in [6, 6.07) is 11.6. The van der Waals surface area contributed by atoms with Gasteiger partial charge in [0.15, 0.2) is 5.82 Å². The third-order valence-electron chi connectivity index (χ3n) is 3.95. The van der Waals surface area contributed by atoms with Crippen LogP contribution in [0.25, 0.3) is 0 Å². The number of carbonyl (C=O) groups excluding carboxylic acids is 2. The Balaban J connectivity index is 1.70. The van der Waals surface area contributed by atoms with Gasteiger partial charge in [0.2, 0.25) is 0 Å². The molecule has 2 rings (SSSR count). The van der Waals surface area contributed by atoms with Crippen molar-refractivity contribution < 1.29 is 19.2 Å². The standard InChI is InChI=1S/C18H23N3O4/c22-12-9-15(7-6-14-4-2-1-3-5-14)8-11-19-17(23)18(24)20-16-10-13-25-21-16/h1-5,10,13,15,22H,6-9,11-12H2,(H,19,23)(H,20,21,24). The van der Waals surface area contributed by atoms with Gasteiger partial charge in [-0.25, -0.2) is 0 Å². The van der Waals surface area contributed by atoms with Crippen molar-refractivity contribution in [2.75, 3.05) is 18.5 Å². The molecule has 2 amide bonds. The lowest BCUT2D eigenvalue weighted by Gasteiger charge is -2.16. The zero-order valence-corrected chi connectivity index (χ0v) is 14.0. The molecule has 0 aliphatic heterocycles. The Labute approximate surface area is 146 Å². The predicted octanol–water partition coefficient (Wildman–Crippen LogP) is 1.75. The average Bonchev–Trinajstić information content (AvgIpc) is 3.13. The Morgan fingerprint density at radius 3 is 2.56 bits per heavy atom. The van der Waals surface area contributed by atoms with E-state index in [0.29, 0.717) is 19.4 Å². The molecule has 1 aromatic carbocycles. The number of benzene rings is 1. The molecule has 134 valence electrons. The maximum Gasteiger partial charge on any atom is 0.314 e. The van der Waals surface area contributed by atoms with Gasteiger partial charge in [-0.15, -0.1) is 0 Å². The van der Waals surface area contributed by atoms with Gasteiger partial charge >= 0.3 is 11.8 Å². The van der Waals surface area contributed by atoms with E-state index in [1.54, 1.807) is 0 Å². The van der Waals surface area contributed by atoms with Gasteiger partial charge in [-0.3, -0.25) is 14.9 Å². The summed E-state index contributed by atoms with van der Waals surface area (Å²) in [5, 5.41) is 17.6. The van der Waals surface area contributed by atoms with Crippen LogP contribution in [0.1, 0.15) is 24.8 Å². The Bertz CT molecular complexity index is 644. The van der Waals surface area contributed by atoms with E-state index in [2.05, 4.69) is 32.4 Å². The molecule has 0 saturated heterocycles. The molecule has 0 bridgehead atoms. The molecule has 7 heteroatoms. The van der Waals surface area contributed by atoms with Crippen LogP contribution in [-0.4, -0.2) is 35.2 Å². The second-order valence-electron chi connectivity index (χ2n) is 5.79. The van der Waals surface area contributed by atoms with Crippen molar-refractivity contribution in [3.05, 3.63) is 48.2 Å². The molecule has 0 saturated carbocycles. The van der Waals surface area contributed by atoms with Crippen LogP contribution in [0.4, 0.5) is 5.82 Å². The van der Waals surface area contributed by atoms with Crippen LogP contribution < -0.4 is 10.6 Å². The number of hydrogen-bond acceptors (Lipinski definition) is 5. The van der Waals surface area contributed by atoms with Gasteiger partial charge in [0.1, 0.15) is 6.26 Å². The first-order valence-corrected chi connectivity index (χ1v) is 8.33. The topological polar surface area (TPSA) is 104 Å². The molecule has 2 aromatic rings. The van der Waals surface area contributed by atoms with Crippen LogP contribution in [0.15, 0.2) is 47.2 Å². The lowest BCUT2D eigenvalue weighted by Crippen LogP contribution is -2.36. The number of aryl methyl sites for hydroxylation is 1. The highest BCUT2D eigenvalue weighted by atomic mass is 16.5. The molecule has 0 radical (unpaired) electrons. The molecule has 0 aliphatic carbocycles. The van der Waals surface area contributed by atoms with Crippen molar-refractivity contribution in [3.63, 3.8) is 0 Å². The zero-order valence-electron chi connectivity index (χ0n) is 14.0. The monoisotopic (exact) mass is 345 g/mol. The molecule has 1 unspecified atom stereocenters. The van der Waals surface area contributed by atoms with Crippen molar-refractivity contribution in [2.45, 2.75) is 25.7 Å². The summed E-state index contributed by atoms with van der Waals surface area (Å²) in [5.74, 6) is -1.02. The first-order chi connectivity index (χ1) is 12.2. The Hall–Kier alpha value is -2.67. The Morgan fingerprint density at radius 1 is 1.08 bits per heavy atom. The van der Waals surface area contributed by atoms with E-state index in [9.17, 15) is 14.7 Å². The molecule has 7 nitrogen and oxygen atoms in total. The van der Waals surface area contributed by atoms with Crippen LogP contribution in [0.3, 0.4) is 0 Å². The smallest absolute Gasteiger partial charge is 0.314 e. The molecular weight excluding hydrogens is 322 g/mol. The summed E-state index contributed by atoms with van der Waals surface area (Å²) < 4.78 is 4.58. The largest absolute Gasteiger partial charge is 0.396 e. The highest BCUT2D eigenvalue weighted by Gasteiger charge is 2.15. The molecule has 1 heterocycles. The van der Waals surface area contributed by atoms with Crippen LogP contribution in [-0.2, 0) is 16.0 Å². The minimum Gasteiger partial charge on any atom is -0.396 e. The normalized spacial score (nSPS) is 11.7. The summed E-state index contributed by atoms with van der Waals surface area (Å²) in [6.45, 7) is 0.491. The van der Waals surface area contributed by atoms with E-state index in [-0.39, 0.29) is 18.3 Å². The third-order valence-corrected chi connectivity index (χ3v) is 3.95. The van der Waals surface area contributed by atoms with Crippen molar-refractivity contribution in [2.24, 2.45) is 5.92 Å². The highest BCUT2D eigenvalue weighted by molar-refractivity contribution is 6.39. The number of nitrogens with zero attached hydrogens (tertiary/aromatic N) is 1. The number of aliphatic hydroxyl groups excluding tert-OH is 1. The van der Waals surface area contributed by atoms with E-state index >= 15 is 0 Å². The maximum absolute atomic E-state index is 11.8. The quantitative estimate of drug-likeness (QED) is 0.601. The Kier molecular flexibility index (Phi) is 7.65. The lowest BCUT2D eigenvalue weighted by atomic mass is 9.94. The fraction of sp³-hybridized carbons (Fsp3) is 0.389. The van der Waals surface area contributed by atoms with Crippen molar-refractivity contribution in [1.29, 1.82) is 0 Å². The first kappa shape index (κ1) is 18.7. The number of aliphatic hydroxyl groups is 1. The number of carbonyl (C=O) groups is 2. The molecule has 0 fully saturated rings. The van der Waals surface area contributed by atoms with Crippen molar-refractivity contribution >= 4 is 17.6 Å². The number of rotatable bonds is 9. The molecule has 25 heavy (non-hydrogen) atoms. The van der Waals surface area contributed by atoms with Gasteiger partial charge < -0.3 is 14.9 Å². The second-order valence-corrected chi connectivity index (χ2v) is 5.79. The van der Waals surface area contributed by atoms with Gasteiger partial charge in [-0.05, 0) is 37.2 Å². The SMILES string of the molecule is O=C(NCCC(CCO)CCc1ccccc1)C(=O)Nc1ccon1. The van der Waals surface area contributed by atoms with E-state index < -0.39 is 11.8 Å². The van der Waals surface area contributed by atoms with Crippen molar-refractivity contribution in [3.8, 4) is 0 Å². The molecular formula is C18H23N3O4. The Morgan fingerprint density at radius 2 is 1.88 bits per heavy atom. The summed E-state index contributed by atoms with van der Waals surface area (Å²) >= 11 is 0. The fourth-order valence-corrected chi connectivity index (χ4v) is 2.55. The predicted molar refractivity (Wildman–Crippen MR) is 92.7 cm³/mol. The number of nitrogens with one attached hydrogen (secondary N) is 2. The summed E-state index contributed by atoms with van der Waals surface area (Å²) in [6.07, 6.45) is 4.53. The van der Waals surface area contributed by atoms with Gasteiger partial charge in [-0.1, -0.05) is 35.5 Å². The van der Waals surface area contributed by atoms with E-state index in [1.807, 2.05) is 18.2 Å². The molecule has 3 N–H and O–H groups in total. The van der Waals surface area contributed by atoms with Crippen LogP contribution >= 0.6 is 0 Å². The zero-order chi connectivity index (χ0) is 17.9. The summed E-state index contributed by atoms with van der Waals surface area (Å²) in [4.78, 5) is 23.4. The number of aromatic nitrogens is 1. The van der Waals surface area contributed by atoms with E-state index in [0.717, 1.165) is 12.8 Å². The minimum atomic E-state index is -0.781. The summed E-state index contributed by atoms with van der Waals surface area (Å²) in [5.41, 5.74) is 1.25. The number of amides is 2. The average molecular weight is 345 g/mol. The van der Waals surface area contributed by atoms with Crippen molar-refractivity contribution in [1.82, 2.24) is 10.5 Å². The van der Waals surface area contributed by atoms with Crippen LogP contribution in [0, 0.1) is 5.92 Å². The fourth-order valence-electron chi connectivity index (χ4n) is 2.55. The van der Waals surface area contributed by atoms with Crippen LogP contribution in [0.5, 0.6) is 0 Å². The van der Waals surface area contributed by atoms with Gasteiger partial charge in [-0.2, -0.15) is 0 Å². The van der Waals surface area contributed by atoms with Gasteiger partial charge in [0.25, 0.3) is 0 Å². The number of hydrogen-bond donors (Lipinski definition) is 3. The number of anilines is 1. The molecule has 1 atom stereocenters. The molecule has 0 spiro atoms. The maximum atomic E-state index is 11.8. The molecule has 1 aromatic heterocycles. The van der Waals surface area contributed by atoms with E-state index in [1.165, 1.54) is 17.9 Å². The van der Waals surface area contributed by atoms with Gasteiger partial charge in [0.05, 0.1) is 0 Å².